The van der Waals surface area contributed by atoms with E-state index in [2.05, 4.69) is 12.2 Å². The van der Waals surface area contributed by atoms with E-state index in [0.29, 0.717) is 12.0 Å². The summed E-state index contributed by atoms with van der Waals surface area (Å²) in [6.07, 6.45) is 1.54. The molecule has 0 radical (unpaired) electrons. The van der Waals surface area contributed by atoms with Gasteiger partial charge in [-0.1, -0.05) is 19.1 Å². The van der Waals surface area contributed by atoms with Crippen LogP contribution >= 0.6 is 0 Å². The molecule has 0 aliphatic carbocycles. The molecule has 2 unspecified atom stereocenters. The fraction of sp³-hybridized carbons (Fsp3) is 0.538. The van der Waals surface area contributed by atoms with E-state index in [1.54, 1.807) is 6.07 Å². The minimum Gasteiger partial charge on any atom is -0.385 e. The van der Waals surface area contributed by atoms with Crippen molar-refractivity contribution in [3.05, 3.63) is 35.6 Å². The third-order valence-corrected chi connectivity index (χ3v) is 3.57. The number of aliphatic hydroxyl groups is 1. The molecule has 1 aromatic carbocycles. The summed E-state index contributed by atoms with van der Waals surface area (Å²) >= 11 is 0. The monoisotopic (exact) mass is 223 g/mol. The Labute approximate surface area is 95.5 Å². The molecule has 2 N–H and O–H groups in total. The second kappa shape index (κ2) is 4.52. The lowest BCUT2D eigenvalue weighted by atomic mass is 9.75. The Hall–Kier alpha value is -0.930. The highest BCUT2D eigenvalue weighted by Gasteiger charge is 2.39. The predicted octanol–water partition coefficient (Wildman–Crippen LogP) is 2.03. The van der Waals surface area contributed by atoms with Crippen molar-refractivity contribution >= 4 is 0 Å². The van der Waals surface area contributed by atoms with Crippen molar-refractivity contribution in [3.8, 4) is 0 Å². The van der Waals surface area contributed by atoms with E-state index < -0.39 is 5.60 Å². The molecule has 1 heterocycles. The quantitative estimate of drug-likeness (QED) is 0.804. The van der Waals surface area contributed by atoms with Crippen molar-refractivity contribution < 1.29 is 9.50 Å². The van der Waals surface area contributed by atoms with Gasteiger partial charge in [0, 0.05) is 12.5 Å². The molecule has 1 aromatic rings. The largest absolute Gasteiger partial charge is 0.385 e. The Morgan fingerprint density at radius 1 is 1.56 bits per heavy atom. The van der Waals surface area contributed by atoms with Gasteiger partial charge in [-0.15, -0.1) is 0 Å². The lowest BCUT2D eigenvalue weighted by Crippen LogP contribution is -2.47. The molecule has 1 aliphatic rings. The highest BCUT2D eigenvalue weighted by molar-refractivity contribution is 5.25. The van der Waals surface area contributed by atoms with Crippen LogP contribution in [0.5, 0.6) is 0 Å². The van der Waals surface area contributed by atoms with Gasteiger partial charge in [-0.25, -0.2) is 4.39 Å². The number of rotatable bonds is 2. The third-order valence-electron chi connectivity index (χ3n) is 3.57. The number of piperidine rings is 1. The lowest BCUT2D eigenvalue weighted by Gasteiger charge is -2.40. The first-order chi connectivity index (χ1) is 7.66. The summed E-state index contributed by atoms with van der Waals surface area (Å²) in [5.74, 6) is -0.123. The normalized spacial score (nSPS) is 30.3. The molecule has 0 aromatic heterocycles. The Morgan fingerprint density at radius 3 is 3.06 bits per heavy atom. The second-order valence-corrected chi connectivity index (χ2v) is 4.49. The van der Waals surface area contributed by atoms with Crippen molar-refractivity contribution in [2.24, 2.45) is 5.92 Å². The van der Waals surface area contributed by atoms with Crippen molar-refractivity contribution in [1.29, 1.82) is 0 Å². The van der Waals surface area contributed by atoms with Gasteiger partial charge in [0.25, 0.3) is 0 Å². The Kier molecular flexibility index (Phi) is 3.26. The molecule has 0 bridgehead atoms. The second-order valence-electron chi connectivity index (χ2n) is 4.49. The summed E-state index contributed by atoms with van der Waals surface area (Å²) < 4.78 is 13.2. The van der Waals surface area contributed by atoms with Crippen LogP contribution in [0.1, 0.15) is 25.3 Å². The van der Waals surface area contributed by atoms with Crippen LogP contribution in [0.25, 0.3) is 0 Å². The van der Waals surface area contributed by atoms with Gasteiger partial charge in [-0.2, -0.15) is 0 Å². The first-order valence-corrected chi connectivity index (χ1v) is 5.86. The molecule has 1 aliphatic heterocycles. The van der Waals surface area contributed by atoms with E-state index >= 15 is 0 Å². The van der Waals surface area contributed by atoms with Crippen LogP contribution in [0.15, 0.2) is 24.3 Å². The van der Waals surface area contributed by atoms with Crippen molar-refractivity contribution in [2.75, 3.05) is 13.1 Å². The van der Waals surface area contributed by atoms with Gasteiger partial charge in [0.2, 0.25) is 0 Å². The predicted molar refractivity (Wildman–Crippen MR) is 61.6 cm³/mol. The van der Waals surface area contributed by atoms with Crippen molar-refractivity contribution in [1.82, 2.24) is 5.32 Å². The number of hydrogen-bond donors (Lipinski definition) is 2. The maximum absolute atomic E-state index is 13.2. The number of halogens is 1. The minimum absolute atomic E-state index is 0.156. The maximum Gasteiger partial charge on any atom is 0.123 e. The summed E-state index contributed by atoms with van der Waals surface area (Å²) in [5, 5.41) is 14.0. The van der Waals surface area contributed by atoms with Gasteiger partial charge in [0.05, 0.1) is 5.60 Å². The van der Waals surface area contributed by atoms with Gasteiger partial charge < -0.3 is 10.4 Å². The summed E-state index contributed by atoms with van der Waals surface area (Å²) in [7, 11) is 0. The highest BCUT2D eigenvalue weighted by atomic mass is 19.1. The van der Waals surface area contributed by atoms with Crippen LogP contribution in [-0.4, -0.2) is 18.2 Å². The van der Waals surface area contributed by atoms with E-state index in [1.807, 2.05) is 6.07 Å². The zero-order valence-corrected chi connectivity index (χ0v) is 9.54. The van der Waals surface area contributed by atoms with Crippen LogP contribution in [0.4, 0.5) is 4.39 Å². The van der Waals surface area contributed by atoms with Gasteiger partial charge in [-0.3, -0.25) is 0 Å². The third kappa shape index (κ3) is 1.97. The molecule has 0 saturated carbocycles. The van der Waals surface area contributed by atoms with Gasteiger partial charge >= 0.3 is 0 Å². The summed E-state index contributed by atoms with van der Waals surface area (Å²) in [5.41, 5.74) is -0.164. The van der Waals surface area contributed by atoms with Gasteiger partial charge in [0.15, 0.2) is 0 Å². The average Bonchev–Trinajstić information content (AvgIpc) is 2.30. The standard InChI is InChI=1S/C13H18FNO/c1-2-10-9-15-7-6-13(10,16)11-4-3-5-12(14)8-11/h3-5,8,10,15-16H,2,6-7,9H2,1H3. The Bertz CT molecular complexity index is 369. The zero-order valence-electron chi connectivity index (χ0n) is 9.54. The lowest BCUT2D eigenvalue weighted by molar-refractivity contribution is -0.0480. The molecule has 2 rings (SSSR count). The molecule has 0 amide bonds. The van der Waals surface area contributed by atoms with Crippen LogP contribution in [-0.2, 0) is 5.60 Å². The van der Waals surface area contributed by atoms with Crippen LogP contribution in [0, 0.1) is 11.7 Å². The van der Waals surface area contributed by atoms with Gasteiger partial charge in [-0.05, 0) is 37.1 Å². The van der Waals surface area contributed by atoms with Crippen LogP contribution < -0.4 is 5.32 Å². The maximum atomic E-state index is 13.2. The van der Waals surface area contributed by atoms with E-state index in [1.165, 1.54) is 12.1 Å². The number of nitrogens with one attached hydrogen (secondary N) is 1. The number of benzene rings is 1. The van der Waals surface area contributed by atoms with Gasteiger partial charge in [0.1, 0.15) is 5.82 Å². The SMILES string of the molecule is CCC1CNCCC1(O)c1cccc(F)c1. The molecular weight excluding hydrogens is 205 g/mol. The molecule has 2 atom stereocenters. The van der Waals surface area contributed by atoms with E-state index in [-0.39, 0.29) is 11.7 Å². The van der Waals surface area contributed by atoms with Crippen molar-refractivity contribution in [3.63, 3.8) is 0 Å². The Morgan fingerprint density at radius 2 is 2.38 bits per heavy atom. The molecule has 88 valence electrons. The average molecular weight is 223 g/mol. The van der Waals surface area contributed by atoms with E-state index in [0.717, 1.165) is 19.5 Å². The highest BCUT2D eigenvalue weighted by Crippen LogP contribution is 2.36. The van der Waals surface area contributed by atoms with Crippen molar-refractivity contribution in [2.45, 2.75) is 25.4 Å². The molecule has 0 spiro atoms. The first kappa shape index (κ1) is 11.6. The molecular formula is C13H18FNO. The molecule has 1 saturated heterocycles. The molecule has 1 fully saturated rings. The van der Waals surface area contributed by atoms with Crippen LogP contribution in [0.2, 0.25) is 0 Å². The first-order valence-electron chi connectivity index (χ1n) is 5.86. The Balaban J connectivity index is 2.34. The summed E-state index contributed by atoms with van der Waals surface area (Å²) in [6.45, 7) is 3.63. The topological polar surface area (TPSA) is 32.3 Å². The molecule has 16 heavy (non-hydrogen) atoms. The fourth-order valence-electron chi connectivity index (χ4n) is 2.55. The molecule has 3 heteroatoms. The smallest absolute Gasteiger partial charge is 0.123 e. The number of hydrogen-bond acceptors (Lipinski definition) is 2. The molecule has 2 nitrogen and oxygen atoms in total. The zero-order chi connectivity index (χ0) is 11.6. The van der Waals surface area contributed by atoms with E-state index in [4.69, 9.17) is 0 Å². The van der Waals surface area contributed by atoms with E-state index in [9.17, 15) is 9.50 Å². The summed E-state index contributed by atoms with van der Waals surface area (Å²) in [4.78, 5) is 0. The van der Waals surface area contributed by atoms with Crippen LogP contribution in [0.3, 0.4) is 0 Å². The minimum atomic E-state index is -0.873. The fourth-order valence-corrected chi connectivity index (χ4v) is 2.55. The summed E-state index contributed by atoms with van der Waals surface area (Å²) in [6, 6.07) is 6.34.